The first kappa shape index (κ1) is 14.5. The van der Waals surface area contributed by atoms with Gasteiger partial charge in [0.15, 0.2) is 0 Å². The summed E-state index contributed by atoms with van der Waals surface area (Å²) >= 11 is 0. The van der Waals surface area contributed by atoms with Gasteiger partial charge in [0.25, 0.3) is 0 Å². The fourth-order valence-electron chi connectivity index (χ4n) is 2.23. The molecule has 1 fully saturated rings. The standard InChI is InChI=1S/C13H26N2O2/c1-4-14(5-2)11-12(3)10-13(16)15-6-8-17-9-7-15/h12H,4-11H2,1-3H3. The van der Waals surface area contributed by atoms with Gasteiger partial charge in [-0.25, -0.2) is 0 Å². The molecule has 100 valence electrons. The normalized spacial score (nSPS) is 18.5. The van der Waals surface area contributed by atoms with Gasteiger partial charge in [-0.3, -0.25) is 4.79 Å². The van der Waals surface area contributed by atoms with Crippen LogP contribution in [0.3, 0.4) is 0 Å². The summed E-state index contributed by atoms with van der Waals surface area (Å²) in [5.74, 6) is 0.721. The van der Waals surface area contributed by atoms with E-state index in [0.29, 0.717) is 25.6 Å². The Morgan fingerprint density at radius 2 is 1.88 bits per heavy atom. The topological polar surface area (TPSA) is 32.8 Å². The molecule has 1 aliphatic rings. The average Bonchev–Trinajstić information content (AvgIpc) is 2.37. The Balaban J connectivity index is 2.29. The van der Waals surface area contributed by atoms with Crippen LogP contribution in [-0.2, 0) is 9.53 Å². The molecule has 0 N–H and O–H groups in total. The number of amides is 1. The maximum absolute atomic E-state index is 12.0. The monoisotopic (exact) mass is 242 g/mol. The highest BCUT2D eigenvalue weighted by molar-refractivity contribution is 5.76. The number of rotatable bonds is 6. The number of carbonyl (C=O) groups is 1. The zero-order valence-electron chi connectivity index (χ0n) is 11.4. The molecule has 1 amide bonds. The Labute approximate surface area is 105 Å². The SMILES string of the molecule is CCN(CC)CC(C)CC(=O)N1CCOCC1. The van der Waals surface area contributed by atoms with Crippen LogP contribution in [0.2, 0.25) is 0 Å². The molecule has 1 heterocycles. The predicted octanol–water partition coefficient (Wildman–Crippen LogP) is 1.21. The van der Waals surface area contributed by atoms with Crippen LogP contribution in [-0.4, -0.2) is 61.6 Å². The van der Waals surface area contributed by atoms with Crippen molar-refractivity contribution in [3.8, 4) is 0 Å². The molecule has 0 aliphatic carbocycles. The van der Waals surface area contributed by atoms with E-state index in [-0.39, 0.29) is 5.91 Å². The van der Waals surface area contributed by atoms with Crippen LogP contribution in [0.15, 0.2) is 0 Å². The van der Waals surface area contributed by atoms with Crippen LogP contribution in [0.5, 0.6) is 0 Å². The van der Waals surface area contributed by atoms with Crippen LogP contribution in [0.1, 0.15) is 27.2 Å². The van der Waals surface area contributed by atoms with Crippen LogP contribution < -0.4 is 0 Å². The van der Waals surface area contributed by atoms with Crippen molar-refractivity contribution in [3.63, 3.8) is 0 Å². The molecule has 0 aromatic rings. The summed E-state index contributed by atoms with van der Waals surface area (Å²) in [5.41, 5.74) is 0. The number of morpholine rings is 1. The Bertz CT molecular complexity index is 223. The third kappa shape index (κ3) is 5.04. The number of hydrogen-bond donors (Lipinski definition) is 0. The summed E-state index contributed by atoms with van der Waals surface area (Å²) in [6, 6.07) is 0. The minimum atomic E-state index is 0.285. The van der Waals surface area contributed by atoms with E-state index < -0.39 is 0 Å². The Kier molecular flexibility index (Phi) is 6.52. The molecular weight excluding hydrogens is 216 g/mol. The van der Waals surface area contributed by atoms with Crippen molar-refractivity contribution in [1.82, 2.24) is 9.80 Å². The average molecular weight is 242 g/mol. The second-order valence-corrected chi connectivity index (χ2v) is 4.79. The van der Waals surface area contributed by atoms with Crippen LogP contribution >= 0.6 is 0 Å². The summed E-state index contributed by atoms with van der Waals surface area (Å²) in [6.45, 7) is 12.5. The van der Waals surface area contributed by atoms with Gasteiger partial charge in [0, 0.05) is 26.1 Å². The van der Waals surface area contributed by atoms with E-state index in [0.717, 1.165) is 32.7 Å². The Hall–Kier alpha value is -0.610. The van der Waals surface area contributed by atoms with E-state index >= 15 is 0 Å². The summed E-state index contributed by atoms with van der Waals surface area (Å²) in [5, 5.41) is 0. The Morgan fingerprint density at radius 1 is 1.29 bits per heavy atom. The highest BCUT2D eigenvalue weighted by Gasteiger charge is 2.19. The zero-order valence-corrected chi connectivity index (χ0v) is 11.4. The van der Waals surface area contributed by atoms with Gasteiger partial charge < -0.3 is 14.5 Å². The summed E-state index contributed by atoms with van der Waals surface area (Å²) in [6.07, 6.45) is 0.663. The molecule has 4 nitrogen and oxygen atoms in total. The fourth-order valence-corrected chi connectivity index (χ4v) is 2.23. The number of nitrogens with zero attached hydrogens (tertiary/aromatic N) is 2. The molecular formula is C13H26N2O2. The maximum atomic E-state index is 12.0. The summed E-state index contributed by atoms with van der Waals surface area (Å²) in [4.78, 5) is 16.3. The lowest BCUT2D eigenvalue weighted by Crippen LogP contribution is -2.42. The first-order valence-electron chi connectivity index (χ1n) is 6.75. The molecule has 17 heavy (non-hydrogen) atoms. The van der Waals surface area contributed by atoms with Crippen molar-refractivity contribution in [2.75, 3.05) is 45.9 Å². The molecule has 0 spiro atoms. The predicted molar refractivity (Wildman–Crippen MR) is 69.0 cm³/mol. The quantitative estimate of drug-likeness (QED) is 0.702. The van der Waals surface area contributed by atoms with Crippen molar-refractivity contribution in [1.29, 1.82) is 0 Å². The van der Waals surface area contributed by atoms with E-state index in [1.54, 1.807) is 0 Å². The van der Waals surface area contributed by atoms with Gasteiger partial charge in [0.2, 0.25) is 5.91 Å². The molecule has 1 atom stereocenters. The molecule has 1 aliphatic heterocycles. The maximum Gasteiger partial charge on any atom is 0.223 e. The third-order valence-corrected chi connectivity index (χ3v) is 3.35. The molecule has 0 bridgehead atoms. The van der Waals surface area contributed by atoms with E-state index in [4.69, 9.17) is 4.74 Å². The molecule has 1 unspecified atom stereocenters. The number of hydrogen-bond acceptors (Lipinski definition) is 3. The van der Waals surface area contributed by atoms with Crippen LogP contribution in [0.25, 0.3) is 0 Å². The lowest BCUT2D eigenvalue weighted by atomic mass is 10.1. The molecule has 0 aromatic heterocycles. The van der Waals surface area contributed by atoms with Crippen molar-refractivity contribution in [2.45, 2.75) is 27.2 Å². The van der Waals surface area contributed by atoms with Crippen LogP contribution in [0.4, 0.5) is 0 Å². The van der Waals surface area contributed by atoms with Crippen molar-refractivity contribution >= 4 is 5.91 Å². The number of ether oxygens (including phenoxy) is 1. The minimum Gasteiger partial charge on any atom is -0.378 e. The second kappa shape index (κ2) is 7.67. The van der Waals surface area contributed by atoms with E-state index in [2.05, 4.69) is 25.7 Å². The lowest BCUT2D eigenvalue weighted by molar-refractivity contribution is -0.136. The first-order chi connectivity index (χ1) is 8.17. The van der Waals surface area contributed by atoms with Crippen molar-refractivity contribution in [3.05, 3.63) is 0 Å². The molecule has 0 saturated carbocycles. The van der Waals surface area contributed by atoms with Gasteiger partial charge in [-0.2, -0.15) is 0 Å². The van der Waals surface area contributed by atoms with Crippen molar-refractivity contribution in [2.24, 2.45) is 5.92 Å². The molecule has 4 heteroatoms. The van der Waals surface area contributed by atoms with Gasteiger partial charge in [-0.15, -0.1) is 0 Å². The highest BCUT2D eigenvalue weighted by Crippen LogP contribution is 2.09. The number of carbonyl (C=O) groups excluding carboxylic acids is 1. The van der Waals surface area contributed by atoms with Gasteiger partial charge in [-0.05, 0) is 19.0 Å². The van der Waals surface area contributed by atoms with E-state index in [9.17, 15) is 4.79 Å². The zero-order chi connectivity index (χ0) is 12.7. The first-order valence-corrected chi connectivity index (χ1v) is 6.75. The van der Waals surface area contributed by atoms with Gasteiger partial charge >= 0.3 is 0 Å². The summed E-state index contributed by atoms with van der Waals surface area (Å²) in [7, 11) is 0. The minimum absolute atomic E-state index is 0.285. The van der Waals surface area contributed by atoms with E-state index in [1.165, 1.54) is 0 Å². The molecule has 0 aromatic carbocycles. The molecule has 0 radical (unpaired) electrons. The van der Waals surface area contributed by atoms with E-state index in [1.807, 2.05) is 4.90 Å². The Morgan fingerprint density at radius 3 is 2.41 bits per heavy atom. The smallest absolute Gasteiger partial charge is 0.223 e. The fraction of sp³-hybridized carbons (Fsp3) is 0.923. The largest absolute Gasteiger partial charge is 0.378 e. The highest BCUT2D eigenvalue weighted by atomic mass is 16.5. The van der Waals surface area contributed by atoms with Crippen LogP contribution in [0, 0.1) is 5.92 Å². The van der Waals surface area contributed by atoms with Gasteiger partial charge in [-0.1, -0.05) is 20.8 Å². The third-order valence-electron chi connectivity index (χ3n) is 3.35. The summed E-state index contributed by atoms with van der Waals surface area (Å²) < 4.78 is 5.25. The molecule has 1 saturated heterocycles. The van der Waals surface area contributed by atoms with Crippen molar-refractivity contribution < 1.29 is 9.53 Å². The van der Waals surface area contributed by atoms with Gasteiger partial charge in [0.1, 0.15) is 0 Å². The molecule has 1 rings (SSSR count). The second-order valence-electron chi connectivity index (χ2n) is 4.79. The van der Waals surface area contributed by atoms with Gasteiger partial charge in [0.05, 0.1) is 13.2 Å². The lowest BCUT2D eigenvalue weighted by Gasteiger charge is -2.29.